The van der Waals surface area contributed by atoms with Gasteiger partial charge in [0.15, 0.2) is 0 Å². The Morgan fingerprint density at radius 1 is 1.29 bits per heavy atom. The molecule has 0 radical (unpaired) electrons. The van der Waals surface area contributed by atoms with Crippen LogP contribution in [0.4, 0.5) is 0 Å². The molecule has 0 atom stereocenters. The monoisotopic (exact) mass is 366 g/mol. The lowest BCUT2D eigenvalue weighted by molar-refractivity contribution is 0.0693. The highest BCUT2D eigenvalue weighted by Crippen LogP contribution is 2.26. The standard InChI is InChI=1S/C16H15BrO3S/c1-11-3-2-4-13(9-11)20-7-8-21-15-10-12(17)5-6-14(15)16(18)19/h2-6,9-10H,7-8H2,1H3,(H,18,19). The lowest BCUT2D eigenvalue weighted by Crippen LogP contribution is -2.03. The van der Waals surface area contributed by atoms with Gasteiger partial charge >= 0.3 is 5.97 Å². The first-order chi connectivity index (χ1) is 10.1. The number of hydrogen-bond donors (Lipinski definition) is 1. The minimum absolute atomic E-state index is 0.318. The molecule has 5 heteroatoms. The third kappa shape index (κ3) is 4.79. The summed E-state index contributed by atoms with van der Waals surface area (Å²) in [7, 11) is 0. The van der Waals surface area contributed by atoms with Crippen molar-refractivity contribution in [1.29, 1.82) is 0 Å². The molecule has 2 aromatic carbocycles. The molecule has 3 nitrogen and oxygen atoms in total. The number of aryl methyl sites for hydroxylation is 1. The Morgan fingerprint density at radius 2 is 2.10 bits per heavy atom. The minimum atomic E-state index is -0.912. The number of halogens is 1. The smallest absolute Gasteiger partial charge is 0.336 e. The summed E-state index contributed by atoms with van der Waals surface area (Å²) in [5.41, 5.74) is 1.47. The highest BCUT2D eigenvalue weighted by molar-refractivity contribution is 9.10. The average Bonchev–Trinajstić information content (AvgIpc) is 2.43. The van der Waals surface area contributed by atoms with E-state index in [0.29, 0.717) is 17.9 Å². The van der Waals surface area contributed by atoms with Crippen LogP contribution in [-0.2, 0) is 0 Å². The molecule has 0 saturated carbocycles. The maximum atomic E-state index is 11.2. The largest absolute Gasteiger partial charge is 0.493 e. The predicted octanol–water partition coefficient (Wildman–Crippen LogP) is 4.63. The van der Waals surface area contributed by atoms with E-state index in [9.17, 15) is 4.79 Å². The van der Waals surface area contributed by atoms with Crippen LogP contribution in [0, 0.1) is 6.92 Å². The quantitative estimate of drug-likeness (QED) is 0.598. The van der Waals surface area contributed by atoms with Crippen LogP contribution in [-0.4, -0.2) is 23.4 Å². The van der Waals surface area contributed by atoms with E-state index in [0.717, 1.165) is 20.7 Å². The first-order valence-electron chi connectivity index (χ1n) is 6.41. The summed E-state index contributed by atoms with van der Waals surface area (Å²) in [6.45, 7) is 2.54. The minimum Gasteiger partial charge on any atom is -0.493 e. The van der Waals surface area contributed by atoms with Gasteiger partial charge in [-0.1, -0.05) is 28.1 Å². The van der Waals surface area contributed by atoms with Crippen molar-refractivity contribution >= 4 is 33.7 Å². The highest BCUT2D eigenvalue weighted by atomic mass is 79.9. The van der Waals surface area contributed by atoms with Crippen molar-refractivity contribution < 1.29 is 14.6 Å². The second-order valence-corrected chi connectivity index (χ2v) is 6.51. The number of thioether (sulfide) groups is 1. The summed E-state index contributed by atoms with van der Waals surface area (Å²) in [5.74, 6) is 0.609. The van der Waals surface area contributed by atoms with Crippen molar-refractivity contribution in [3.63, 3.8) is 0 Å². The molecule has 0 aliphatic carbocycles. The fraction of sp³-hybridized carbons (Fsp3) is 0.188. The maximum Gasteiger partial charge on any atom is 0.336 e. The molecule has 2 rings (SSSR count). The van der Waals surface area contributed by atoms with E-state index in [1.54, 1.807) is 12.1 Å². The van der Waals surface area contributed by atoms with Crippen molar-refractivity contribution in [1.82, 2.24) is 0 Å². The predicted molar refractivity (Wildman–Crippen MR) is 88.5 cm³/mol. The van der Waals surface area contributed by atoms with E-state index in [4.69, 9.17) is 9.84 Å². The summed E-state index contributed by atoms with van der Waals surface area (Å²) in [5, 5.41) is 9.16. The van der Waals surface area contributed by atoms with Gasteiger partial charge in [-0.25, -0.2) is 4.79 Å². The Kier molecular flexibility index (Phi) is 5.70. The van der Waals surface area contributed by atoms with Gasteiger partial charge in [0.2, 0.25) is 0 Å². The Balaban J connectivity index is 1.91. The molecule has 110 valence electrons. The highest BCUT2D eigenvalue weighted by Gasteiger charge is 2.10. The molecule has 0 unspecified atom stereocenters. The summed E-state index contributed by atoms with van der Waals surface area (Å²) in [6.07, 6.45) is 0. The zero-order valence-electron chi connectivity index (χ0n) is 11.5. The lowest BCUT2D eigenvalue weighted by Gasteiger charge is -2.08. The number of rotatable bonds is 6. The molecule has 21 heavy (non-hydrogen) atoms. The van der Waals surface area contributed by atoms with Crippen LogP contribution in [0.2, 0.25) is 0 Å². The molecule has 0 aliphatic heterocycles. The van der Waals surface area contributed by atoms with Gasteiger partial charge in [0.05, 0.1) is 12.2 Å². The number of benzene rings is 2. The average molecular weight is 367 g/mol. The molecular formula is C16H15BrO3S. The van der Waals surface area contributed by atoms with E-state index in [-0.39, 0.29) is 0 Å². The molecule has 0 amide bonds. The number of aromatic carboxylic acids is 1. The lowest BCUT2D eigenvalue weighted by atomic mass is 10.2. The Morgan fingerprint density at radius 3 is 2.81 bits per heavy atom. The van der Waals surface area contributed by atoms with Gasteiger partial charge in [-0.3, -0.25) is 0 Å². The SMILES string of the molecule is Cc1cccc(OCCSc2cc(Br)ccc2C(=O)O)c1. The molecule has 0 saturated heterocycles. The summed E-state index contributed by atoms with van der Waals surface area (Å²) >= 11 is 4.84. The van der Waals surface area contributed by atoms with Gasteiger partial charge in [0, 0.05) is 15.1 Å². The van der Waals surface area contributed by atoms with E-state index in [1.165, 1.54) is 11.8 Å². The van der Waals surface area contributed by atoms with Gasteiger partial charge in [0.25, 0.3) is 0 Å². The van der Waals surface area contributed by atoms with Crippen LogP contribution in [0.5, 0.6) is 5.75 Å². The van der Waals surface area contributed by atoms with E-state index >= 15 is 0 Å². The van der Waals surface area contributed by atoms with Crippen LogP contribution in [0.25, 0.3) is 0 Å². The van der Waals surface area contributed by atoms with Gasteiger partial charge in [-0.2, -0.15) is 0 Å². The van der Waals surface area contributed by atoms with E-state index in [1.807, 2.05) is 37.3 Å². The van der Waals surface area contributed by atoms with E-state index in [2.05, 4.69) is 15.9 Å². The second-order valence-electron chi connectivity index (χ2n) is 4.46. The summed E-state index contributed by atoms with van der Waals surface area (Å²) in [4.78, 5) is 11.9. The molecule has 0 heterocycles. The fourth-order valence-corrected chi connectivity index (χ4v) is 3.23. The molecule has 0 fully saturated rings. The Bertz CT molecular complexity index is 643. The molecule has 0 aromatic heterocycles. The van der Waals surface area contributed by atoms with Crippen LogP contribution >= 0.6 is 27.7 Å². The molecule has 0 aliphatic rings. The molecule has 0 spiro atoms. The molecule has 2 aromatic rings. The number of carbonyl (C=O) groups is 1. The zero-order chi connectivity index (χ0) is 15.2. The number of carboxylic acid groups (broad SMARTS) is 1. The maximum absolute atomic E-state index is 11.2. The summed E-state index contributed by atoms with van der Waals surface area (Å²) in [6, 6.07) is 13.0. The van der Waals surface area contributed by atoms with Gasteiger partial charge < -0.3 is 9.84 Å². The van der Waals surface area contributed by atoms with Gasteiger partial charge in [-0.05, 0) is 42.8 Å². The zero-order valence-corrected chi connectivity index (χ0v) is 13.9. The third-order valence-corrected chi connectivity index (χ3v) is 4.29. The summed E-state index contributed by atoms with van der Waals surface area (Å²) < 4.78 is 6.53. The number of carboxylic acids is 1. The van der Waals surface area contributed by atoms with Crippen LogP contribution in [0.15, 0.2) is 51.8 Å². The van der Waals surface area contributed by atoms with Crippen molar-refractivity contribution in [3.8, 4) is 5.75 Å². The molecular weight excluding hydrogens is 352 g/mol. The number of hydrogen-bond acceptors (Lipinski definition) is 3. The van der Waals surface area contributed by atoms with Crippen LogP contribution in [0.3, 0.4) is 0 Å². The van der Waals surface area contributed by atoms with Crippen molar-refractivity contribution in [2.45, 2.75) is 11.8 Å². The van der Waals surface area contributed by atoms with Crippen molar-refractivity contribution in [2.75, 3.05) is 12.4 Å². The first kappa shape index (κ1) is 15.9. The topological polar surface area (TPSA) is 46.5 Å². The Labute approximate surface area is 136 Å². The van der Waals surface area contributed by atoms with Gasteiger partial charge in [0.1, 0.15) is 5.75 Å². The molecule has 0 bridgehead atoms. The second kappa shape index (κ2) is 7.52. The van der Waals surface area contributed by atoms with Gasteiger partial charge in [-0.15, -0.1) is 11.8 Å². The molecule has 1 N–H and O–H groups in total. The van der Waals surface area contributed by atoms with E-state index < -0.39 is 5.97 Å². The normalized spacial score (nSPS) is 10.4. The third-order valence-electron chi connectivity index (χ3n) is 2.77. The number of ether oxygens (including phenoxy) is 1. The first-order valence-corrected chi connectivity index (χ1v) is 8.19. The van der Waals surface area contributed by atoms with Crippen LogP contribution < -0.4 is 4.74 Å². The fourth-order valence-electron chi connectivity index (χ4n) is 1.81. The van der Waals surface area contributed by atoms with Crippen molar-refractivity contribution in [3.05, 3.63) is 58.1 Å². The Hall–Kier alpha value is -1.46. The van der Waals surface area contributed by atoms with Crippen LogP contribution in [0.1, 0.15) is 15.9 Å². The van der Waals surface area contributed by atoms with Crippen molar-refractivity contribution in [2.24, 2.45) is 0 Å².